The minimum Gasteiger partial charge on any atom is -0.491 e. The molecule has 1 heterocycles. The number of carbonyl (C=O) groups excluding carboxylic acids is 2. The first-order valence-electron chi connectivity index (χ1n) is 12.1. The molecule has 3 aromatic rings. The summed E-state index contributed by atoms with van der Waals surface area (Å²) in [5, 5.41) is 10.3. The predicted octanol–water partition coefficient (Wildman–Crippen LogP) is 3.16. The summed E-state index contributed by atoms with van der Waals surface area (Å²) in [7, 11) is -2.56. The molecule has 5 N–H and O–H groups in total. The summed E-state index contributed by atoms with van der Waals surface area (Å²) in [6.45, 7) is 0.343. The topological polar surface area (TPSA) is 169 Å². The number of rotatable bonds is 9. The van der Waals surface area contributed by atoms with Gasteiger partial charge in [-0.15, -0.1) is 0 Å². The average molecular weight is 554 g/mol. The van der Waals surface area contributed by atoms with Crippen LogP contribution in [0.1, 0.15) is 24.0 Å². The largest absolute Gasteiger partial charge is 0.491 e. The first kappa shape index (κ1) is 29.3. The second-order valence-corrected chi connectivity index (χ2v) is 10.4. The molecule has 1 saturated heterocycles. The van der Waals surface area contributed by atoms with Gasteiger partial charge in [0, 0.05) is 5.56 Å². The number of amides is 1. The normalized spacial score (nSPS) is 16.4. The Balaban J connectivity index is 0.000000320. The molecule has 2 atom stereocenters. The third-order valence-corrected chi connectivity index (χ3v) is 6.65. The lowest BCUT2D eigenvalue weighted by molar-refractivity contribution is -0.143. The zero-order valence-corrected chi connectivity index (χ0v) is 22.2. The van der Waals surface area contributed by atoms with Crippen molar-refractivity contribution in [1.29, 1.82) is 5.41 Å². The number of nitrogen functional groups attached to an aromatic ring is 1. The van der Waals surface area contributed by atoms with Gasteiger partial charge in [-0.1, -0.05) is 66.7 Å². The average Bonchev–Trinajstić information content (AvgIpc) is 3.26. The molecule has 1 amide bonds. The van der Waals surface area contributed by atoms with Gasteiger partial charge in [-0.2, -0.15) is 8.42 Å². The molecular weight excluding hydrogens is 522 g/mol. The van der Waals surface area contributed by atoms with E-state index in [2.05, 4.69) is 10.1 Å². The van der Waals surface area contributed by atoms with E-state index < -0.39 is 10.1 Å². The summed E-state index contributed by atoms with van der Waals surface area (Å²) in [5.74, 6) is -0.440. The highest BCUT2D eigenvalue weighted by Crippen LogP contribution is 2.24. The van der Waals surface area contributed by atoms with Crippen molar-refractivity contribution in [3.63, 3.8) is 0 Å². The molecule has 0 radical (unpaired) electrons. The molecule has 3 aromatic carbocycles. The Bertz CT molecular complexity index is 1380. The number of benzene rings is 3. The number of esters is 1. The number of methoxy groups -OCH3 is 1. The standard InChI is InChI=1S/C21H23N3O4.C7H8O3S/c1-27-19(25)11-16-10-17(24-21(16)26)12-28-18-8-6-14(7-9-18)13-2-4-15(5-3-13)20(22)23;8-11(9,10)6-7-4-2-1-3-5-7/h2-9,16-17H,10-12H2,1H3,(H3,22,23)(H,24,26);1-5H,6H2,(H,8,9,10)/t16-,17-;/m0./s1. The van der Waals surface area contributed by atoms with Gasteiger partial charge in [-0.05, 0) is 35.2 Å². The molecule has 10 nitrogen and oxygen atoms in total. The second kappa shape index (κ2) is 13.5. The molecule has 4 rings (SSSR count). The van der Waals surface area contributed by atoms with Crippen molar-refractivity contribution in [1.82, 2.24) is 5.32 Å². The Morgan fingerprint density at radius 3 is 2.15 bits per heavy atom. The summed E-state index contributed by atoms with van der Waals surface area (Å²) < 4.78 is 39.6. The molecule has 11 heteroatoms. The van der Waals surface area contributed by atoms with E-state index in [9.17, 15) is 18.0 Å². The lowest BCUT2D eigenvalue weighted by Gasteiger charge is -2.12. The maximum Gasteiger partial charge on any atom is 0.306 e. The first-order valence-corrected chi connectivity index (χ1v) is 13.7. The number of ether oxygens (including phenoxy) is 2. The van der Waals surface area contributed by atoms with Gasteiger partial charge in [0.25, 0.3) is 10.1 Å². The van der Waals surface area contributed by atoms with Gasteiger partial charge in [0.1, 0.15) is 23.9 Å². The number of carbonyl (C=O) groups is 2. The Labute approximate surface area is 227 Å². The zero-order valence-electron chi connectivity index (χ0n) is 21.4. The first-order chi connectivity index (χ1) is 18.5. The Hall–Kier alpha value is -4.22. The number of hydrogen-bond acceptors (Lipinski definition) is 7. The molecule has 0 unspecified atom stereocenters. The van der Waals surface area contributed by atoms with E-state index in [1.165, 1.54) is 7.11 Å². The highest BCUT2D eigenvalue weighted by atomic mass is 32.2. The summed E-state index contributed by atoms with van der Waals surface area (Å²) >= 11 is 0. The Kier molecular flexibility index (Phi) is 10.2. The fourth-order valence-electron chi connectivity index (χ4n) is 3.97. The molecule has 0 saturated carbocycles. The van der Waals surface area contributed by atoms with E-state index >= 15 is 0 Å². The van der Waals surface area contributed by atoms with Crippen LogP contribution >= 0.6 is 0 Å². The van der Waals surface area contributed by atoms with E-state index in [0.29, 0.717) is 29.9 Å². The molecule has 1 aliphatic rings. The Morgan fingerprint density at radius 1 is 1.03 bits per heavy atom. The van der Waals surface area contributed by atoms with Crippen LogP contribution in [-0.2, 0) is 30.2 Å². The van der Waals surface area contributed by atoms with Gasteiger partial charge >= 0.3 is 5.97 Å². The van der Waals surface area contributed by atoms with Gasteiger partial charge in [0.05, 0.1) is 25.5 Å². The summed E-state index contributed by atoms with van der Waals surface area (Å²) in [5.41, 5.74) is 8.80. The molecule has 0 aromatic heterocycles. The minimum absolute atomic E-state index is 0.0446. The van der Waals surface area contributed by atoms with Crippen LogP contribution in [0.2, 0.25) is 0 Å². The fraction of sp³-hybridized carbons (Fsp3) is 0.250. The van der Waals surface area contributed by atoms with Crippen molar-refractivity contribution < 1.29 is 32.0 Å². The second-order valence-electron chi connectivity index (χ2n) is 8.96. The monoisotopic (exact) mass is 553 g/mol. The minimum atomic E-state index is -3.88. The van der Waals surface area contributed by atoms with Crippen LogP contribution < -0.4 is 15.8 Å². The molecule has 206 valence electrons. The highest BCUT2D eigenvalue weighted by Gasteiger charge is 2.34. The van der Waals surface area contributed by atoms with Crippen molar-refractivity contribution in [3.8, 4) is 16.9 Å². The number of hydrogen-bond donors (Lipinski definition) is 4. The molecule has 0 bridgehead atoms. The van der Waals surface area contributed by atoms with Crippen LogP contribution in [0.25, 0.3) is 11.1 Å². The third kappa shape index (κ3) is 9.55. The molecule has 0 spiro atoms. The van der Waals surface area contributed by atoms with Crippen LogP contribution in [0.15, 0.2) is 78.9 Å². The van der Waals surface area contributed by atoms with Crippen molar-refractivity contribution in [3.05, 3.63) is 90.0 Å². The van der Waals surface area contributed by atoms with E-state index in [1.807, 2.05) is 48.5 Å². The quantitative estimate of drug-likeness (QED) is 0.136. The number of nitrogens with two attached hydrogens (primary N) is 1. The fourth-order valence-corrected chi connectivity index (χ4v) is 4.58. The molecule has 1 fully saturated rings. The predicted molar refractivity (Wildman–Crippen MR) is 147 cm³/mol. The molecule has 1 aliphatic heterocycles. The van der Waals surface area contributed by atoms with E-state index in [1.54, 1.807) is 30.3 Å². The van der Waals surface area contributed by atoms with Crippen molar-refractivity contribution >= 4 is 27.8 Å². The van der Waals surface area contributed by atoms with E-state index in [0.717, 1.165) is 11.1 Å². The zero-order chi connectivity index (χ0) is 28.4. The van der Waals surface area contributed by atoms with Gasteiger partial charge < -0.3 is 20.5 Å². The molecular formula is C28H31N3O7S. The van der Waals surface area contributed by atoms with Crippen molar-refractivity contribution in [2.24, 2.45) is 11.7 Å². The number of amidine groups is 1. The molecule has 39 heavy (non-hydrogen) atoms. The maximum absolute atomic E-state index is 11.9. The van der Waals surface area contributed by atoms with Crippen LogP contribution in [-0.4, -0.2) is 50.4 Å². The van der Waals surface area contributed by atoms with Gasteiger partial charge in [0.2, 0.25) is 5.91 Å². The van der Waals surface area contributed by atoms with E-state index in [-0.39, 0.29) is 41.8 Å². The van der Waals surface area contributed by atoms with Crippen molar-refractivity contribution in [2.45, 2.75) is 24.6 Å². The lowest BCUT2D eigenvalue weighted by atomic mass is 10.0. The van der Waals surface area contributed by atoms with E-state index in [4.69, 9.17) is 20.4 Å². The van der Waals surface area contributed by atoms with Gasteiger partial charge in [-0.25, -0.2) is 0 Å². The van der Waals surface area contributed by atoms with Crippen LogP contribution in [0.5, 0.6) is 5.75 Å². The van der Waals surface area contributed by atoms with Crippen LogP contribution in [0, 0.1) is 11.3 Å². The summed E-state index contributed by atoms with van der Waals surface area (Å²) in [6, 6.07) is 23.5. The number of nitrogens with one attached hydrogen (secondary N) is 2. The van der Waals surface area contributed by atoms with Crippen LogP contribution in [0.3, 0.4) is 0 Å². The van der Waals surface area contributed by atoms with Gasteiger partial charge in [0.15, 0.2) is 0 Å². The lowest BCUT2D eigenvalue weighted by Crippen LogP contribution is -2.31. The Morgan fingerprint density at radius 2 is 1.62 bits per heavy atom. The van der Waals surface area contributed by atoms with Crippen LogP contribution in [0.4, 0.5) is 0 Å². The molecule has 0 aliphatic carbocycles. The smallest absolute Gasteiger partial charge is 0.306 e. The van der Waals surface area contributed by atoms with Crippen molar-refractivity contribution in [2.75, 3.05) is 13.7 Å². The summed E-state index contributed by atoms with van der Waals surface area (Å²) in [6.07, 6.45) is 0.643. The maximum atomic E-state index is 11.9. The van der Waals surface area contributed by atoms with Gasteiger partial charge in [-0.3, -0.25) is 19.6 Å². The highest BCUT2D eigenvalue weighted by molar-refractivity contribution is 7.85. The summed E-state index contributed by atoms with van der Waals surface area (Å²) in [4.78, 5) is 23.3. The SMILES string of the molecule is COC(=O)C[C@@H]1C[C@@H](COc2ccc(-c3ccc(C(=N)N)cc3)cc2)NC1=O.O=S(=O)(O)Cc1ccccc1. The third-order valence-electron chi connectivity index (χ3n) is 5.95.